The van der Waals surface area contributed by atoms with Crippen LogP contribution in [0.25, 0.3) is 0 Å². The molecular weight excluding hydrogens is 196 g/mol. The monoisotopic (exact) mass is 204 g/mol. The molecule has 0 saturated carbocycles. The number of aromatic carboxylic acids is 1. The van der Waals surface area contributed by atoms with E-state index in [2.05, 4.69) is 5.10 Å². The van der Waals surface area contributed by atoms with Crippen molar-refractivity contribution in [3.8, 4) is 0 Å². The highest BCUT2D eigenvalue weighted by atomic mass is 32.2. The van der Waals surface area contributed by atoms with Crippen molar-refractivity contribution in [2.24, 2.45) is 7.05 Å². The summed E-state index contributed by atoms with van der Waals surface area (Å²) in [5, 5.41) is 12.2. The van der Waals surface area contributed by atoms with Crippen LogP contribution in [0.15, 0.2) is 11.1 Å². The van der Waals surface area contributed by atoms with Crippen molar-refractivity contribution >= 4 is 15.8 Å². The van der Waals surface area contributed by atoms with Gasteiger partial charge in [0.1, 0.15) is 4.90 Å². The second-order valence-corrected chi connectivity index (χ2v) is 4.54. The van der Waals surface area contributed by atoms with E-state index in [1.165, 1.54) is 7.05 Å². The number of rotatable bonds is 2. The smallest absolute Gasteiger partial charge is 0.355 e. The van der Waals surface area contributed by atoms with Crippen LogP contribution in [0.2, 0.25) is 0 Å². The molecule has 1 aromatic heterocycles. The SMILES string of the molecule is Cn1ncc(S(C)(=O)=O)c1C(=O)O. The van der Waals surface area contributed by atoms with Crippen LogP contribution in [0, 0.1) is 0 Å². The van der Waals surface area contributed by atoms with E-state index in [4.69, 9.17) is 5.11 Å². The Labute approximate surface area is 74.7 Å². The van der Waals surface area contributed by atoms with Crippen molar-refractivity contribution in [2.75, 3.05) is 6.26 Å². The van der Waals surface area contributed by atoms with Crippen LogP contribution in [0.1, 0.15) is 10.5 Å². The minimum absolute atomic E-state index is 0.262. The highest BCUT2D eigenvalue weighted by molar-refractivity contribution is 7.90. The van der Waals surface area contributed by atoms with Crippen LogP contribution in [0.5, 0.6) is 0 Å². The predicted octanol–water partition coefficient (Wildman–Crippen LogP) is -0.478. The molecule has 0 saturated heterocycles. The lowest BCUT2D eigenvalue weighted by atomic mass is 10.4. The Morgan fingerprint density at radius 1 is 1.62 bits per heavy atom. The molecule has 0 amide bonds. The van der Waals surface area contributed by atoms with Crippen molar-refractivity contribution in [2.45, 2.75) is 4.90 Å². The second-order valence-electron chi connectivity index (χ2n) is 2.56. The molecule has 0 fully saturated rings. The molecule has 7 heteroatoms. The molecule has 0 aliphatic carbocycles. The molecule has 0 aromatic carbocycles. The highest BCUT2D eigenvalue weighted by Gasteiger charge is 2.22. The van der Waals surface area contributed by atoms with Gasteiger partial charge in [-0.15, -0.1) is 0 Å². The topological polar surface area (TPSA) is 89.3 Å². The fourth-order valence-electron chi connectivity index (χ4n) is 0.933. The van der Waals surface area contributed by atoms with Gasteiger partial charge >= 0.3 is 5.97 Å². The molecule has 1 heterocycles. The first-order chi connectivity index (χ1) is 5.84. The van der Waals surface area contributed by atoms with E-state index in [1.807, 2.05) is 0 Å². The molecule has 0 atom stereocenters. The van der Waals surface area contributed by atoms with Gasteiger partial charge in [0.05, 0.1) is 6.20 Å². The van der Waals surface area contributed by atoms with Crippen LogP contribution in [0.3, 0.4) is 0 Å². The van der Waals surface area contributed by atoms with Crippen LogP contribution < -0.4 is 0 Å². The summed E-state index contributed by atoms with van der Waals surface area (Å²) in [5.74, 6) is -1.31. The van der Waals surface area contributed by atoms with Crippen molar-refractivity contribution in [1.29, 1.82) is 0 Å². The maximum absolute atomic E-state index is 11.1. The number of sulfone groups is 1. The standard InChI is InChI=1S/C6H8N2O4S/c1-8-5(6(9)10)4(3-7-8)13(2,11)12/h3H,1-2H3,(H,9,10). The average Bonchev–Trinajstić information content (AvgIpc) is 2.28. The van der Waals surface area contributed by atoms with Crippen LogP contribution in [0.4, 0.5) is 0 Å². The van der Waals surface area contributed by atoms with Gasteiger partial charge in [0.2, 0.25) is 0 Å². The van der Waals surface area contributed by atoms with Gasteiger partial charge in [-0.05, 0) is 0 Å². The van der Waals surface area contributed by atoms with Crippen molar-refractivity contribution < 1.29 is 18.3 Å². The Hall–Kier alpha value is -1.37. The van der Waals surface area contributed by atoms with E-state index in [0.717, 1.165) is 17.1 Å². The largest absolute Gasteiger partial charge is 0.476 e. The fourth-order valence-corrected chi connectivity index (χ4v) is 1.74. The van der Waals surface area contributed by atoms with Crippen molar-refractivity contribution in [3.05, 3.63) is 11.9 Å². The van der Waals surface area contributed by atoms with Gasteiger partial charge in [-0.2, -0.15) is 5.10 Å². The number of hydrogen-bond acceptors (Lipinski definition) is 4. The Bertz CT molecular complexity index is 445. The summed E-state index contributed by atoms with van der Waals surface area (Å²) in [6, 6.07) is 0. The molecule has 0 spiro atoms. The molecule has 13 heavy (non-hydrogen) atoms. The molecule has 1 rings (SSSR count). The Kier molecular flexibility index (Phi) is 2.12. The Morgan fingerprint density at radius 3 is 2.46 bits per heavy atom. The van der Waals surface area contributed by atoms with E-state index in [9.17, 15) is 13.2 Å². The highest BCUT2D eigenvalue weighted by Crippen LogP contribution is 2.13. The fraction of sp³-hybridized carbons (Fsp3) is 0.333. The molecule has 6 nitrogen and oxygen atoms in total. The number of carbonyl (C=O) groups is 1. The molecule has 0 bridgehead atoms. The zero-order chi connectivity index (χ0) is 10.2. The predicted molar refractivity (Wildman–Crippen MR) is 43.3 cm³/mol. The van der Waals surface area contributed by atoms with Gasteiger partial charge in [-0.3, -0.25) is 4.68 Å². The lowest BCUT2D eigenvalue weighted by molar-refractivity contribution is 0.0680. The van der Waals surface area contributed by atoms with Crippen LogP contribution in [-0.4, -0.2) is 35.5 Å². The third-order valence-corrected chi connectivity index (χ3v) is 2.60. The number of aromatic nitrogens is 2. The van der Waals surface area contributed by atoms with Gasteiger partial charge in [-0.25, -0.2) is 13.2 Å². The number of aryl methyl sites for hydroxylation is 1. The lowest BCUT2D eigenvalue weighted by Gasteiger charge is -1.97. The number of carboxylic acid groups (broad SMARTS) is 1. The first kappa shape index (κ1) is 9.72. The normalized spacial score (nSPS) is 11.5. The van der Waals surface area contributed by atoms with E-state index >= 15 is 0 Å². The molecule has 0 aliphatic heterocycles. The summed E-state index contributed by atoms with van der Waals surface area (Å²) in [6.45, 7) is 0. The minimum Gasteiger partial charge on any atom is -0.476 e. The zero-order valence-corrected chi connectivity index (χ0v) is 7.87. The summed E-state index contributed by atoms with van der Waals surface area (Å²) >= 11 is 0. The number of hydrogen-bond donors (Lipinski definition) is 1. The van der Waals surface area contributed by atoms with Gasteiger partial charge in [-0.1, -0.05) is 0 Å². The third-order valence-electron chi connectivity index (χ3n) is 1.51. The number of carboxylic acids is 1. The molecule has 1 aromatic rings. The van der Waals surface area contributed by atoms with E-state index < -0.39 is 15.8 Å². The molecular formula is C6H8N2O4S. The molecule has 1 N–H and O–H groups in total. The quantitative estimate of drug-likeness (QED) is 0.702. The summed E-state index contributed by atoms with van der Waals surface area (Å²) in [7, 11) is -2.15. The second kappa shape index (κ2) is 2.84. The van der Waals surface area contributed by atoms with Gasteiger partial charge in [0, 0.05) is 13.3 Å². The minimum atomic E-state index is -3.52. The summed E-state index contributed by atoms with van der Waals surface area (Å²) in [6.07, 6.45) is 1.97. The van der Waals surface area contributed by atoms with E-state index in [0.29, 0.717) is 0 Å². The van der Waals surface area contributed by atoms with Gasteiger partial charge in [0.15, 0.2) is 15.5 Å². The molecule has 0 unspecified atom stereocenters. The maximum Gasteiger partial charge on any atom is 0.355 e. The van der Waals surface area contributed by atoms with Crippen molar-refractivity contribution in [1.82, 2.24) is 9.78 Å². The summed E-state index contributed by atoms with van der Waals surface area (Å²) in [4.78, 5) is 10.4. The van der Waals surface area contributed by atoms with Gasteiger partial charge in [0.25, 0.3) is 0 Å². The Balaban J connectivity index is 3.49. The first-order valence-corrected chi connectivity index (χ1v) is 5.18. The number of nitrogens with zero attached hydrogens (tertiary/aromatic N) is 2. The molecule has 0 radical (unpaired) electrons. The van der Waals surface area contributed by atoms with E-state index in [-0.39, 0.29) is 10.6 Å². The van der Waals surface area contributed by atoms with Crippen molar-refractivity contribution in [3.63, 3.8) is 0 Å². The third kappa shape index (κ3) is 1.69. The zero-order valence-electron chi connectivity index (χ0n) is 7.05. The molecule has 0 aliphatic rings. The first-order valence-electron chi connectivity index (χ1n) is 3.29. The van der Waals surface area contributed by atoms with Crippen LogP contribution >= 0.6 is 0 Å². The maximum atomic E-state index is 11.1. The van der Waals surface area contributed by atoms with Gasteiger partial charge < -0.3 is 5.11 Å². The molecule has 72 valence electrons. The Morgan fingerprint density at radius 2 is 2.15 bits per heavy atom. The van der Waals surface area contributed by atoms with E-state index in [1.54, 1.807) is 0 Å². The summed E-state index contributed by atoms with van der Waals surface area (Å²) in [5.41, 5.74) is -0.317. The average molecular weight is 204 g/mol. The summed E-state index contributed by atoms with van der Waals surface area (Å²) < 4.78 is 23.1. The van der Waals surface area contributed by atoms with Crippen LogP contribution in [-0.2, 0) is 16.9 Å². The lowest BCUT2D eigenvalue weighted by Crippen LogP contribution is -2.10.